The van der Waals surface area contributed by atoms with Crippen LogP contribution in [0.3, 0.4) is 0 Å². The predicted molar refractivity (Wildman–Crippen MR) is 136 cm³/mol. The molecule has 0 bridgehead atoms. The van der Waals surface area contributed by atoms with Crippen molar-refractivity contribution in [3.63, 3.8) is 0 Å². The smallest absolute Gasteiger partial charge is 0.305 e. The number of hydrogen-bond acceptors (Lipinski definition) is 7. The highest BCUT2D eigenvalue weighted by molar-refractivity contribution is 5.94. The molecule has 2 atom stereocenters. The zero-order valence-electron chi connectivity index (χ0n) is 21.4. The Morgan fingerprint density at radius 1 is 1.11 bits per heavy atom. The van der Waals surface area contributed by atoms with E-state index in [4.69, 9.17) is 14.6 Å². The Bertz CT molecular complexity index is 1240. The van der Waals surface area contributed by atoms with Crippen LogP contribution in [0.1, 0.15) is 54.2 Å². The Balaban J connectivity index is 1.90. The van der Waals surface area contributed by atoms with Gasteiger partial charge in [-0.3, -0.25) is 9.59 Å². The minimum Gasteiger partial charge on any atom is -0.497 e. The summed E-state index contributed by atoms with van der Waals surface area (Å²) in [4.78, 5) is 24.1. The molecular weight excluding hydrogens is 497 g/mol. The van der Waals surface area contributed by atoms with E-state index in [0.29, 0.717) is 17.0 Å². The van der Waals surface area contributed by atoms with Crippen LogP contribution in [0.5, 0.6) is 11.6 Å². The van der Waals surface area contributed by atoms with Gasteiger partial charge in [0.1, 0.15) is 18.2 Å². The van der Waals surface area contributed by atoms with Crippen molar-refractivity contribution in [2.75, 3.05) is 13.7 Å². The maximum absolute atomic E-state index is 13.6. The number of aliphatic carboxylic acids is 1. The van der Waals surface area contributed by atoms with Crippen LogP contribution in [0.4, 0.5) is 4.39 Å². The Morgan fingerprint density at radius 3 is 2.45 bits per heavy atom. The summed E-state index contributed by atoms with van der Waals surface area (Å²) in [6.07, 6.45) is -3.18. The van der Waals surface area contributed by atoms with Crippen LogP contribution in [-0.2, 0) is 11.3 Å². The highest BCUT2D eigenvalue weighted by Gasteiger charge is 2.28. The molecule has 1 amide bonds. The summed E-state index contributed by atoms with van der Waals surface area (Å²) >= 11 is 0. The minimum absolute atomic E-state index is 0.0997. The van der Waals surface area contributed by atoms with Crippen molar-refractivity contribution in [3.8, 4) is 17.3 Å². The van der Waals surface area contributed by atoms with Crippen molar-refractivity contribution in [1.82, 2.24) is 15.1 Å². The number of aliphatic hydroxyl groups is 2. The molecule has 0 aliphatic carbocycles. The molecule has 0 saturated carbocycles. The molecule has 0 aliphatic rings. The van der Waals surface area contributed by atoms with Crippen LogP contribution in [0.15, 0.2) is 48.5 Å². The fraction of sp³-hybridized carbons (Fsp3) is 0.370. The molecule has 3 rings (SSSR count). The Morgan fingerprint density at radius 2 is 1.82 bits per heavy atom. The van der Waals surface area contributed by atoms with Crippen LogP contribution in [-0.4, -0.2) is 62.9 Å². The van der Waals surface area contributed by atoms with Gasteiger partial charge in [-0.1, -0.05) is 26.0 Å². The molecule has 1 heterocycles. The van der Waals surface area contributed by atoms with E-state index in [1.165, 1.54) is 28.9 Å². The molecule has 0 saturated heterocycles. The number of carbonyl (C=O) groups is 2. The lowest BCUT2D eigenvalue weighted by Crippen LogP contribution is -2.26. The Hall–Kier alpha value is -3.96. The summed E-state index contributed by atoms with van der Waals surface area (Å²) in [5, 5.41) is 36.3. The molecule has 3 aromatic rings. The van der Waals surface area contributed by atoms with Crippen LogP contribution in [0.25, 0.3) is 5.69 Å². The first-order valence-electron chi connectivity index (χ1n) is 12.1. The third-order valence-corrected chi connectivity index (χ3v) is 5.70. The topological polar surface area (TPSA) is 143 Å². The summed E-state index contributed by atoms with van der Waals surface area (Å²) in [6, 6.07) is 12.7. The van der Waals surface area contributed by atoms with Gasteiger partial charge in [-0.25, -0.2) is 9.07 Å². The highest BCUT2D eigenvalue weighted by atomic mass is 19.1. The van der Waals surface area contributed by atoms with Crippen molar-refractivity contribution in [2.24, 2.45) is 0 Å². The fourth-order valence-corrected chi connectivity index (χ4v) is 3.89. The van der Waals surface area contributed by atoms with E-state index in [2.05, 4.69) is 10.4 Å². The Labute approximate surface area is 219 Å². The number of carbonyl (C=O) groups excluding carboxylic acids is 1. The van der Waals surface area contributed by atoms with Gasteiger partial charge in [-0.15, -0.1) is 0 Å². The molecule has 0 unspecified atom stereocenters. The van der Waals surface area contributed by atoms with E-state index in [9.17, 15) is 24.2 Å². The number of rotatable bonds is 13. The molecular formula is C27H32FN3O7. The predicted octanol–water partition coefficient (Wildman–Crippen LogP) is 3.04. The van der Waals surface area contributed by atoms with Gasteiger partial charge in [-0.2, -0.15) is 5.10 Å². The number of carboxylic acids is 1. The number of ether oxygens (including phenoxy) is 2. The fourth-order valence-electron chi connectivity index (χ4n) is 3.89. The van der Waals surface area contributed by atoms with Crippen LogP contribution in [0, 0.1) is 5.82 Å². The van der Waals surface area contributed by atoms with Gasteiger partial charge < -0.3 is 30.1 Å². The summed E-state index contributed by atoms with van der Waals surface area (Å²) in [5.41, 5.74) is 1.82. The number of amides is 1. The minimum atomic E-state index is -1.25. The van der Waals surface area contributed by atoms with E-state index >= 15 is 0 Å². The number of carboxylic acid groups (broad SMARTS) is 1. The van der Waals surface area contributed by atoms with Crippen LogP contribution in [0.2, 0.25) is 0 Å². The summed E-state index contributed by atoms with van der Waals surface area (Å²) < 4.78 is 26.1. The van der Waals surface area contributed by atoms with Crippen LogP contribution >= 0.6 is 0 Å². The molecule has 0 radical (unpaired) electrons. The molecule has 0 fully saturated rings. The molecule has 4 N–H and O–H groups in total. The molecule has 1 aromatic heterocycles. The standard InChI is InChI=1S/C27H32FN3O7/c1-16(2)24-25(26(36)29-14-17-5-4-6-22(11-17)37-3)30-31(19-9-7-18(28)8-10-19)27(24)38-15-21(33)12-20(32)13-23(34)35/h4-11,16,20-21,32-33H,12-15H2,1-3H3,(H,29,36)(H,34,35)/t20-,21+/m1/s1. The molecule has 10 nitrogen and oxygen atoms in total. The number of aliphatic hydroxyl groups excluding tert-OH is 2. The number of hydrogen-bond donors (Lipinski definition) is 4. The van der Waals surface area contributed by atoms with E-state index in [0.717, 1.165) is 5.56 Å². The second-order valence-corrected chi connectivity index (χ2v) is 9.10. The van der Waals surface area contributed by atoms with Gasteiger partial charge in [0.2, 0.25) is 5.88 Å². The molecule has 204 valence electrons. The first kappa shape index (κ1) is 28.6. The normalized spacial score (nSPS) is 12.7. The quantitative estimate of drug-likeness (QED) is 0.265. The second kappa shape index (κ2) is 13.0. The maximum atomic E-state index is 13.6. The van der Waals surface area contributed by atoms with Crippen molar-refractivity contribution in [1.29, 1.82) is 0 Å². The molecule has 0 spiro atoms. The van der Waals surface area contributed by atoms with E-state index in [1.54, 1.807) is 19.2 Å². The van der Waals surface area contributed by atoms with Crippen molar-refractivity contribution in [2.45, 2.75) is 51.4 Å². The van der Waals surface area contributed by atoms with Gasteiger partial charge in [0.05, 0.1) is 31.4 Å². The van der Waals surface area contributed by atoms with Crippen LogP contribution < -0.4 is 14.8 Å². The molecule has 11 heteroatoms. The summed E-state index contributed by atoms with van der Waals surface area (Å²) in [6.45, 7) is 3.62. The van der Waals surface area contributed by atoms with Gasteiger partial charge in [0.15, 0.2) is 5.69 Å². The maximum Gasteiger partial charge on any atom is 0.305 e. The van der Waals surface area contributed by atoms with Gasteiger partial charge >= 0.3 is 5.97 Å². The average Bonchev–Trinajstić information content (AvgIpc) is 3.26. The Kier molecular flexibility index (Phi) is 9.80. The number of methoxy groups -OCH3 is 1. The third-order valence-electron chi connectivity index (χ3n) is 5.70. The van der Waals surface area contributed by atoms with Gasteiger partial charge in [0.25, 0.3) is 5.91 Å². The first-order chi connectivity index (χ1) is 18.1. The largest absolute Gasteiger partial charge is 0.497 e. The lowest BCUT2D eigenvalue weighted by Gasteiger charge is -2.17. The first-order valence-corrected chi connectivity index (χ1v) is 12.1. The lowest BCUT2D eigenvalue weighted by molar-refractivity contribution is -0.139. The van der Waals surface area contributed by atoms with Gasteiger partial charge in [-0.05, 0) is 47.9 Å². The van der Waals surface area contributed by atoms with Crippen molar-refractivity contribution >= 4 is 11.9 Å². The van der Waals surface area contributed by atoms with Crippen molar-refractivity contribution < 1.29 is 38.8 Å². The van der Waals surface area contributed by atoms with E-state index in [-0.39, 0.29) is 37.1 Å². The number of nitrogens with zero attached hydrogens (tertiary/aromatic N) is 2. The number of nitrogens with one attached hydrogen (secondary N) is 1. The molecule has 2 aromatic carbocycles. The molecule has 0 aliphatic heterocycles. The van der Waals surface area contributed by atoms with E-state index in [1.807, 2.05) is 26.0 Å². The molecule has 38 heavy (non-hydrogen) atoms. The lowest BCUT2D eigenvalue weighted by atomic mass is 10.0. The SMILES string of the molecule is COc1cccc(CNC(=O)c2nn(-c3ccc(F)cc3)c(OC[C@@H](O)C[C@@H](O)CC(=O)O)c2C(C)C)c1. The number of benzene rings is 2. The second-order valence-electron chi connectivity index (χ2n) is 9.10. The van der Waals surface area contributed by atoms with E-state index < -0.39 is 36.3 Å². The van der Waals surface area contributed by atoms with Gasteiger partial charge in [0, 0.05) is 18.5 Å². The highest BCUT2D eigenvalue weighted by Crippen LogP contribution is 2.33. The number of aromatic nitrogens is 2. The zero-order chi connectivity index (χ0) is 27.8. The summed E-state index contributed by atoms with van der Waals surface area (Å²) in [7, 11) is 1.56. The third kappa shape index (κ3) is 7.53. The van der Waals surface area contributed by atoms with Crippen molar-refractivity contribution in [3.05, 3.63) is 71.2 Å². The average molecular weight is 530 g/mol. The monoisotopic (exact) mass is 529 g/mol. The number of halogens is 1. The summed E-state index contributed by atoms with van der Waals surface area (Å²) in [5.74, 6) is -1.50. The zero-order valence-corrected chi connectivity index (χ0v) is 21.4.